The lowest BCUT2D eigenvalue weighted by Crippen LogP contribution is -2.36. The Bertz CT molecular complexity index is 2620. The Kier molecular flexibility index (Phi) is 7.10. The fraction of sp³-hybridized carbons (Fsp3) is 0.367. The number of hydrogen-bond acceptors (Lipinski definition) is 2. The predicted molar refractivity (Wildman–Crippen MR) is 221 cm³/mol. The van der Waals surface area contributed by atoms with Gasteiger partial charge in [0.1, 0.15) is 11.2 Å². The van der Waals surface area contributed by atoms with Crippen molar-refractivity contribution in [3.05, 3.63) is 134 Å². The van der Waals surface area contributed by atoms with Gasteiger partial charge >= 0.3 is 0 Å². The van der Waals surface area contributed by atoms with Crippen LogP contribution in [0.15, 0.2) is 94.1 Å². The maximum Gasteiger partial charge on any atom is 0.200 e. The van der Waals surface area contributed by atoms with Crippen LogP contribution in [0.25, 0.3) is 49.4 Å². The Morgan fingerprint density at radius 1 is 0.462 bits per heavy atom. The molecule has 2 aromatic heterocycles. The molecule has 3 heteroatoms. The van der Waals surface area contributed by atoms with Crippen molar-refractivity contribution in [2.24, 2.45) is 0 Å². The Hall–Kier alpha value is -4.63. The van der Waals surface area contributed by atoms with E-state index in [1.54, 1.807) is 0 Å². The van der Waals surface area contributed by atoms with Crippen LogP contribution in [-0.2, 0) is 27.1 Å². The van der Waals surface area contributed by atoms with Gasteiger partial charge in [-0.1, -0.05) is 114 Å². The Balaban J connectivity index is 1.36. The van der Waals surface area contributed by atoms with Gasteiger partial charge in [-0.2, -0.15) is 0 Å². The summed E-state index contributed by atoms with van der Waals surface area (Å²) in [7, 11) is 0. The molecule has 0 aliphatic heterocycles. The molecule has 8 rings (SSSR count). The standard InChI is InChI=1S/C49H53NO2/c1-45(2,3)28-15-20-40-33(22-28)34-23-29(46(4,5)6)16-21-41(34)50(40)31-17-19-36-37(25-31)49(12,13)38-26-35-43(27-39(38)48(36,10)11)52-42-24-30(47(7,8)9)14-18-32(42)44(35)51/h14-27H,1-13H3. The molecule has 3 nitrogen and oxygen atoms in total. The highest BCUT2D eigenvalue weighted by molar-refractivity contribution is 6.10. The minimum atomic E-state index is -0.362. The molecule has 0 radical (unpaired) electrons. The van der Waals surface area contributed by atoms with Crippen molar-refractivity contribution in [2.75, 3.05) is 0 Å². The van der Waals surface area contributed by atoms with Gasteiger partial charge in [-0.05, 0) is 116 Å². The molecule has 7 aromatic rings. The molecule has 0 bridgehead atoms. The second-order valence-electron chi connectivity index (χ2n) is 19.6. The fourth-order valence-electron chi connectivity index (χ4n) is 8.66. The van der Waals surface area contributed by atoms with E-state index in [4.69, 9.17) is 4.42 Å². The van der Waals surface area contributed by atoms with Crippen molar-refractivity contribution in [3.8, 4) is 5.69 Å². The molecule has 0 amide bonds. The van der Waals surface area contributed by atoms with Gasteiger partial charge in [0, 0.05) is 27.3 Å². The first kappa shape index (κ1) is 34.5. The second-order valence-corrected chi connectivity index (χ2v) is 19.6. The Morgan fingerprint density at radius 3 is 1.48 bits per heavy atom. The third kappa shape index (κ3) is 5.02. The van der Waals surface area contributed by atoms with Gasteiger partial charge in [0.15, 0.2) is 0 Å². The van der Waals surface area contributed by atoms with Crippen molar-refractivity contribution in [3.63, 3.8) is 0 Å². The quantitative estimate of drug-likeness (QED) is 0.161. The monoisotopic (exact) mass is 687 g/mol. The van der Waals surface area contributed by atoms with E-state index in [1.807, 2.05) is 12.1 Å². The number of nitrogens with zero attached hydrogens (tertiary/aromatic N) is 1. The summed E-state index contributed by atoms with van der Waals surface area (Å²) < 4.78 is 9.04. The molecule has 266 valence electrons. The lowest BCUT2D eigenvalue weighted by atomic mass is 9.60. The molecule has 0 atom stereocenters. The normalized spacial score (nSPS) is 15.8. The van der Waals surface area contributed by atoms with Crippen LogP contribution < -0.4 is 5.43 Å². The first-order valence-electron chi connectivity index (χ1n) is 18.9. The summed E-state index contributed by atoms with van der Waals surface area (Å²) in [5.74, 6) is 0. The third-order valence-corrected chi connectivity index (χ3v) is 12.1. The second kappa shape index (κ2) is 10.7. The van der Waals surface area contributed by atoms with Gasteiger partial charge in [0.25, 0.3) is 0 Å². The fourth-order valence-corrected chi connectivity index (χ4v) is 8.66. The van der Waals surface area contributed by atoms with Gasteiger partial charge in [-0.3, -0.25) is 4.79 Å². The van der Waals surface area contributed by atoms with E-state index >= 15 is 0 Å². The number of rotatable bonds is 1. The van der Waals surface area contributed by atoms with Crippen molar-refractivity contribution >= 4 is 43.7 Å². The lowest BCUT2D eigenvalue weighted by molar-refractivity contribution is 0.519. The van der Waals surface area contributed by atoms with Gasteiger partial charge in [-0.25, -0.2) is 0 Å². The number of aromatic nitrogens is 1. The topological polar surface area (TPSA) is 35.1 Å². The number of benzene rings is 5. The highest BCUT2D eigenvalue weighted by Gasteiger charge is 2.42. The van der Waals surface area contributed by atoms with Crippen LogP contribution in [0.2, 0.25) is 0 Å². The first-order valence-corrected chi connectivity index (χ1v) is 18.9. The van der Waals surface area contributed by atoms with E-state index in [-0.39, 0.29) is 32.5 Å². The molecule has 0 spiro atoms. The van der Waals surface area contributed by atoms with E-state index in [1.165, 1.54) is 55.2 Å². The molecule has 1 aliphatic rings. The molecule has 0 fully saturated rings. The average molecular weight is 688 g/mol. The van der Waals surface area contributed by atoms with E-state index in [2.05, 4.69) is 167 Å². The highest BCUT2D eigenvalue weighted by atomic mass is 16.3. The van der Waals surface area contributed by atoms with E-state index < -0.39 is 0 Å². The first-order chi connectivity index (χ1) is 24.1. The van der Waals surface area contributed by atoms with Crippen LogP contribution in [0, 0.1) is 0 Å². The maximum atomic E-state index is 14.1. The molecule has 2 heterocycles. The summed E-state index contributed by atoms with van der Waals surface area (Å²) in [4.78, 5) is 14.1. The average Bonchev–Trinajstić information content (AvgIpc) is 3.39. The van der Waals surface area contributed by atoms with Gasteiger partial charge < -0.3 is 8.98 Å². The summed E-state index contributed by atoms with van der Waals surface area (Å²) in [6, 6.07) is 31.5. The molecule has 1 aliphatic carbocycles. The van der Waals surface area contributed by atoms with Crippen LogP contribution >= 0.6 is 0 Å². The molecule has 0 unspecified atom stereocenters. The maximum absolute atomic E-state index is 14.1. The minimum Gasteiger partial charge on any atom is -0.456 e. The van der Waals surface area contributed by atoms with Crippen LogP contribution in [0.4, 0.5) is 0 Å². The van der Waals surface area contributed by atoms with Gasteiger partial charge in [0.05, 0.1) is 21.8 Å². The summed E-state index contributed by atoms with van der Waals surface area (Å²) in [6.07, 6.45) is 0. The molecular weight excluding hydrogens is 635 g/mol. The summed E-state index contributed by atoms with van der Waals surface area (Å²) in [5, 5.41) is 3.85. The Morgan fingerprint density at radius 2 is 0.923 bits per heavy atom. The van der Waals surface area contributed by atoms with E-state index in [0.717, 1.165) is 11.3 Å². The largest absolute Gasteiger partial charge is 0.456 e. The van der Waals surface area contributed by atoms with E-state index in [0.29, 0.717) is 21.9 Å². The van der Waals surface area contributed by atoms with Crippen LogP contribution in [0.3, 0.4) is 0 Å². The summed E-state index contributed by atoms with van der Waals surface area (Å²) in [5.41, 5.74) is 13.1. The molecule has 52 heavy (non-hydrogen) atoms. The van der Waals surface area contributed by atoms with Crippen molar-refractivity contribution in [1.29, 1.82) is 0 Å². The van der Waals surface area contributed by atoms with Crippen LogP contribution in [-0.4, -0.2) is 4.57 Å². The zero-order chi connectivity index (χ0) is 37.5. The zero-order valence-corrected chi connectivity index (χ0v) is 33.3. The molecule has 0 saturated heterocycles. The van der Waals surface area contributed by atoms with Gasteiger partial charge in [0.2, 0.25) is 5.43 Å². The minimum absolute atomic E-state index is 0.0298. The predicted octanol–water partition coefficient (Wildman–Crippen LogP) is 12.9. The molecule has 5 aromatic carbocycles. The zero-order valence-electron chi connectivity index (χ0n) is 33.3. The number of hydrogen-bond donors (Lipinski definition) is 0. The molecular formula is C49H53NO2. The number of fused-ring (bicyclic) bond motifs is 7. The van der Waals surface area contributed by atoms with Crippen molar-refractivity contribution in [1.82, 2.24) is 4.57 Å². The van der Waals surface area contributed by atoms with Crippen molar-refractivity contribution < 1.29 is 4.42 Å². The van der Waals surface area contributed by atoms with Crippen molar-refractivity contribution in [2.45, 2.75) is 117 Å². The van der Waals surface area contributed by atoms with Gasteiger partial charge in [-0.15, -0.1) is 0 Å². The van der Waals surface area contributed by atoms with Crippen LogP contribution in [0.1, 0.15) is 129 Å². The summed E-state index contributed by atoms with van der Waals surface area (Å²) in [6.45, 7) is 29.5. The lowest BCUT2D eigenvalue weighted by Gasteiger charge is -2.44. The Labute approximate surface area is 308 Å². The molecule has 0 N–H and O–H groups in total. The van der Waals surface area contributed by atoms with E-state index in [9.17, 15) is 4.79 Å². The molecule has 0 saturated carbocycles. The third-order valence-electron chi connectivity index (χ3n) is 12.1. The summed E-state index contributed by atoms with van der Waals surface area (Å²) >= 11 is 0. The highest BCUT2D eigenvalue weighted by Crippen LogP contribution is 2.51. The smallest absolute Gasteiger partial charge is 0.200 e. The SMILES string of the molecule is CC(C)(C)c1ccc2c(=O)c3cc4c(cc3oc2c1)C(C)(C)c1ccc(-n2c3ccc(C(C)(C)C)cc3c3cc(C(C)(C)C)ccc32)cc1C4(C)C. The van der Waals surface area contributed by atoms with Crippen LogP contribution in [0.5, 0.6) is 0 Å².